The van der Waals surface area contributed by atoms with Gasteiger partial charge in [0.05, 0.1) is 6.20 Å². The first kappa shape index (κ1) is 12.2. The highest BCUT2D eigenvalue weighted by atomic mass is 16.3. The Kier molecular flexibility index (Phi) is 5.36. The molecule has 0 saturated carbocycles. The third-order valence-corrected chi connectivity index (χ3v) is 2.58. The van der Waals surface area contributed by atoms with Crippen molar-refractivity contribution in [2.45, 2.75) is 45.8 Å². The van der Waals surface area contributed by atoms with Crippen molar-refractivity contribution in [2.24, 2.45) is 0 Å². The van der Waals surface area contributed by atoms with Crippen LogP contribution in [0.2, 0.25) is 0 Å². The summed E-state index contributed by atoms with van der Waals surface area (Å²) < 4.78 is 1.92. The second-order valence-electron chi connectivity index (χ2n) is 3.70. The summed E-state index contributed by atoms with van der Waals surface area (Å²) >= 11 is 0. The van der Waals surface area contributed by atoms with Crippen molar-refractivity contribution in [2.75, 3.05) is 6.61 Å². The fraction of sp³-hybridized carbons (Fsp3) is 0.727. The number of nitrogens with zero attached hydrogens (tertiary/aromatic N) is 2. The summed E-state index contributed by atoms with van der Waals surface area (Å²) in [5.41, 5.74) is 1.20. The van der Waals surface area contributed by atoms with Gasteiger partial charge in [0, 0.05) is 37.5 Å². The lowest BCUT2D eigenvalue weighted by Gasteiger charge is -2.14. The maximum atomic E-state index is 8.85. The van der Waals surface area contributed by atoms with E-state index in [-0.39, 0.29) is 6.61 Å². The fourth-order valence-corrected chi connectivity index (χ4v) is 1.54. The van der Waals surface area contributed by atoms with Crippen LogP contribution in [0.15, 0.2) is 12.4 Å². The number of hydrogen-bond acceptors (Lipinski definition) is 3. The van der Waals surface area contributed by atoms with E-state index in [0.29, 0.717) is 6.04 Å². The van der Waals surface area contributed by atoms with Gasteiger partial charge in [-0.1, -0.05) is 6.92 Å². The zero-order valence-electron chi connectivity index (χ0n) is 9.61. The molecule has 86 valence electrons. The molecule has 0 aromatic carbocycles. The summed E-state index contributed by atoms with van der Waals surface area (Å²) in [5, 5.41) is 16.5. The Balaban J connectivity index is 2.34. The van der Waals surface area contributed by atoms with E-state index in [1.54, 1.807) is 0 Å². The first-order valence-corrected chi connectivity index (χ1v) is 5.65. The third kappa shape index (κ3) is 4.01. The van der Waals surface area contributed by atoms with Gasteiger partial charge in [0.2, 0.25) is 0 Å². The normalized spacial score (nSPS) is 13.0. The summed E-state index contributed by atoms with van der Waals surface area (Å²) in [4.78, 5) is 0. The quantitative estimate of drug-likeness (QED) is 0.711. The van der Waals surface area contributed by atoms with Gasteiger partial charge in [0.15, 0.2) is 0 Å². The molecule has 0 bridgehead atoms. The molecule has 0 spiro atoms. The Morgan fingerprint density at radius 3 is 2.87 bits per heavy atom. The van der Waals surface area contributed by atoms with Crippen LogP contribution in [-0.4, -0.2) is 27.5 Å². The van der Waals surface area contributed by atoms with Crippen LogP contribution in [0, 0.1) is 0 Å². The van der Waals surface area contributed by atoms with E-state index in [9.17, 15) is 0 Å². The van der Waals surface area contributed by atoms with Crippen LogP contribution in [0.5, 0.6) is 0 Å². The molecule has 1 atom stereocenters. The highest BCUT2D eigenvalue weighted by Gasteiger charge is 2.05. The monoisotopic (exact) mass is 211 g/mol. The third-order valence-electron chi connectivity index (χ3n) is 2.58. The molecule has 0 fully saturated rings. The molecular weight excluding hydrogens is 190 g/mol. The number of hydrogen-bond donors (Lipinski definition) is 2. The molecule has 4 heteroatoms. The Morgan fingerprint density at radius 1 is 1.53 bits per heavy atom. The van der Waals surface area contributed by atoms with E-state index in [0.717, 1.165) is 25.9 Å². The van der Waals surface area contributed by atoms with Gasteiger partial charge in [-0.3, -0.25) is 4.68 Å². The lowest BCUT2D eigenvalue weighted by molar-refractivity contribution is 0.262. The average molecular weight is 211 g/mol. The number of aliphatic hydroxyl groups is 1. The van der Waals surface area contributed by atoms with Crippen LogP contribution < -0.4 is 5.32 Å². The average Bonchev–Trinajstić information content (AvgIpc) is 2.72. The van der Waals surface area contributed by atoms with Crippen molar-refractivity contribution in [1.29, 1.82) is 0 Å². The van der Waals surface area contributed by atoms with Gasteiger partial charge in [-0.15, -0.1) is 0 Å². The first-order valence-electron chi connectivity index (χ1n) is 5.65. The lowest BCUT2D eigenvalue weighted by Crippen LogP contribution is -2.28. The van der Waals surface area contributed by atoms with Gasteiger partial charge in [-0.05, 0) is 19.8 Å². The maximum Gasteiger partial charge on any atom is 0.0534 e. The molecular formula is C11H21N3O. The predicted octanol–water partition coefficient (Wildman–Crippen LogP) is 1.15. The molecule has 0 saturated heterocycles. The molecule has 0 aliphatic carbocycles. The topological polar surface area (TPSA) is 50.1 Å². The molecule has 1 rings (SSSR count). The second-order valence-corrected chi connectivity index (χ2v) is 3.70. The summed E-state index contributed by atoms with van der Waals surface area (Å²) in [7, 11) is 0. The SMILES string of the molecule is CCC(CCO)NCc1cnn(CC)c1. The number of aromatic nitrogens is 2. The van der Waals surface area contributed by atoms with E-state index >= 15 is 0 Å². The van der Waals surface area contributed by atoms with Gasteiger partial charge >= 0.3 is 0 Å². The van der Waals surface area contributed by atoms with E-state index in [1.807, 2.05) is 10.9 Å². The van der Waals surface area contributed by atoms with Gasteiger partial charge in [-0.2, -0.15) is 5.10 Å². The summed E-state index contributed by atoms with van der Waals surface area (Å²) in [5.74, 6) is 0. The molecule has 2 N–H and O–H groups in total. The molecule has 1 aromatic rings. The second kappa shape index (κ2) is 6.58. The number of rotatable bonds is 7. The van der Waals surface area contributed by atoms with Crippen LogP contribution >= 0.6 is 0 Å². The van der Waals surface area contributed by atoms with E-state index in [2.05, 4.69) is 30.5 Å². The zero-order valence-corrected chi connectivity index (χ0v) is 9.61. The lowest BCUT2D eigenvalue weighted by atomic mass is 10.1. The highest BCUT2D eigenvalue weighted by Crippen LogP contribution is 2.01. The Labute approximate surface area is 91.3 Å². The van der Waals surface area contributed by atoms with E-state index < -0.39 is 0 Å². The van der Waals surface area contributed by atoms with Crippen LogP contribution in [0.1, 0.15) is 32.3 Å². The summed E-state index contributed by atoms with van der Waals surface area (Å²) in [6.45, 7) is 6.19. The van der Waals surface area contributed by atoms with Crippen LogP contribution in [-0.2, 0) is 13.1 Å². The van der Waals surface area contributed by atoms with E-state index in [1.165, 1.54) is 5.56 Å². The van der Waals surface area contributed by atoms with Crippen molar-refractivity contribution >= 4 is 0 Å². The molecule has 4 nitrogen and oxygen atoms in total. The van der Waals surface area contributed by atoms with E-state index in [4.69, 9.17) is 5.11 Å². The molecule has 1 aromatic heterocycles. The van der Waals surface area contributed by atoms with Crippen LogP contribution in [0.4, 0.5) is 0 Å². The standard InChI is InChI=1S/C11H21N3O/c1-3-11(5-6-15)12-7-10-8-13-14(4-2)9-10/h8-9,11-12,15H,3-7H2,1-2H3. The molecule has 0 radical (unpaired) electrons. The smallest absolute Gasteiger partial charge is 0.0534 e. The molecule has 1 heterocycles. The Bertz CT molecular complexity index is 273. The minimum atomic E-state index is 0.250. The minimum Gasteiger partial charge on any atom is -0.396 e. The fourth-order valence-electron chi connectivity index (χ4n) is 1.54. The number of nitrogens with one attached hydrogen (secondary N) is 1. The van der Waals surface area contributed by atoms with Gasteiger partial charge in [-0.25, -0.2) is 0 Å². The largest absolute Gasteiger partial charge is 0.396 e. The number of aliphatic hydroxyl groups excluding tert-OH is 1. The Hall–Kier alpha value is -0.870. The van der Waals surface area contributed by atoms with Crippen molar-refractivity contribution < 1.29 is 5.11 Å². The van der Waals surface area contributed by atoms with Crippen molar-refractivity contribution in [1.82, 2.24) is 15.1 Å². The highest BCUT2D eigenvalue weighted by molar-refractivity contribution is 5.03. The predicted molar refractivity (Wildman–Crippen MR) is 60.5 cm³/mol. The van der Waals surface area contributed by atoms with Gasteiger partial charge in [0.1, 0.15) is 0 Å². The van der Waals surface area contributed by atoms with Gasteiger partial charge in [0.25, 0.3) is 0 Å². The Morgan fingerprint density at radius 2 is 2.33 bits per heavy atom. The molecule has 15 heavy (non-hydrogen) atoms. The summed E-state index contributed by atoms with van der Waals surface area (Å²) in [6.07, 6.45) is 5.81. The molecule has 0 aliphatic rings. The zero-order chi connectivity index (χ0) is 11.1. The minimum absolute atomic E-state index is 0.250. The molecule has 0 amide bonds. The maximum absolute atomic E-state index is 8.85. The van der Waals surface area contributed by atoms with Gasteiger partial charge < -0.3 is 10.4 Å². The van der Waals surface area contributed by atoms with Crippen LogP contribution in [0.3, 0.4) is 0 Å². The first-order chi connectivity index (χ1) is 7.30. The number of aryl methyl sites for hydroxylation is 1. The van der Waals surface area contributed by atoms with Crippen molar-refractivity contribution in [3.05, 3.63) is 18.0 Å². The molecule has 0 aliphatic heterocycles. The summed E-state index contributed by atoms with van der Waals surface area (Å²) in [6, 6.07) is 0.403. The van der Waals surface area contributed by atoms with Crippen molar-refractivity contribution in [3.63, 3.8) is 0 Å². The molecule has 1 unspecified atom stereocenters. The van der Waals surface area contributed by atoms with Crippen LogP contribution in [0.25, 0.3) is 0 Å². The van der Waals surface area contributed by atoms with Crippen molar-refractivity contribution in [3.8, 4) is 0 Å².